The number of amides is 1. The third-order valence-electron chi connectivity index (χ3n) is 2.19. The van der Waals surface area contributed by atoms with E-state index in [1.54, 1.807) is 5.01 Å². The first-order valence-corrected chi connectivity index (χ1v) is 4.99. The van der Waals surface area contributed by atoms with E-state index >= 15 is 0 Å². The molecule has 0 aromatic heterocycles. The Morgan fingerprint density at radius 3 is 2.77 bits per heavy atom. The summed E-state index contributed by atoms with van der Waals surface area (Å²) in [5.74, 6) is 0.154. The van der Waals surface area contributed by atoms with Gasteiger partial charge in [0.05, 0.1) is 6.42 Å². The molecule has 3 nitrogen and oxygen atoms in total. The molecule has 1 rings (SSSR count). The first kappa shape index (κ1) is 10.1. The highest BCUT2D eigenvalue weighted by Gasteiger charge is 2.21. The minimum Gasteiger partial charge on any atom is -0.300 e. The van der Waals surface area contributed by atoms with Crippen LogP contribution in [-0.4, -0.2) is 17.5 Å². The molecule has 0 saturated carbocycles. The van der Waals surface area contributed by atoms with Crippen molar-refractivity contribution in [1.82, 2.24) is 10.4 Å². The Bertz CT molecular complexity index is 201. The predicted molar refractivity (Wildman–Crippen MR) is 52.7 cm³/mol. The van der Waals surface area contributed by atoms with Crippen LogP contribution in [0.3, 0.4) is 0 Å². The summed E-state index contributed by atoms with van der Waals surface area (Å²) in [6, 6.07) is 0. The summed E-state index contributed by atoms with van der Waals surface area (Å²) in [5.41, 5.74) is 3.79. The molecule has 0 aromatic rings. The fourth-order valence-corrected chi connectivity index (χ4v) is 1.45. The topological polar surface area (TPSA) is 32.3 Å². The minimum atomic E-state index is 0.154. The van der Waals surface area contributed by atoms with E-state index in [0.29, 0.717) is 6.42 Å². The molecule has 1 saturated heterocycles. The normalized spacial score (nSPS) is 16.5. The van der Waals surface area contributed by atoms with Crippen molar-refractivity contribution in [3.05, 3.63) is 12.3 Å². The van der Waals surface area contributed by atoms with Gasteiger partial charge in [0.1, 0.15) is 0 Å². The van der Waals surface area contributed by atoms with Crippen LogP contribution >= 0.6 is 0 Å². The molecular weight excluding hydrogens is 164 g/mol. The van der Waals surface area contributed by atoms with Crippen LogP contribution in [0.15, 0.2) is 12.3 Å². The van der Waals surface area contributed by atoms with Gasteiger partial charge in [0.2, 0.25) is 5.91 Å². The average Bonchev–Trinajstić information content (AvgIpc) is 2.39. The molecular formula is C10H18N2O. The second kappa shape index (κ2) is 4.90. The highest BCUT2D eigenvalue weighted by molar-refractivity contribution is 5.80. The molecule has 0 aliphatic carbocycles. The van der Waals surface area contributed by atoms with Crippen molar-refractivity contribution in [3.63, 3.8) is 0 Å². The lowest BCUT2D eigenvalue weighted by Crippen LogP contribution is -2.34. The molecule has 1 amide bonds. The van der Waals surface area contributed by atoms with Gasteiger partial charge in [0.15, 0.2) is 0 Å². The molecule has 0 unspecified atom stereocenters. The van der Waals surface area contributed by atoms with E-state index in [0.717, 1.165) is 18.7 Å². The van der Waals surface area contributed by atoms with Crippen molar-refractivity contribution < 1.29 is 4.79 Å². The Kier molecular flexibility index (Phi) is 3.80. The second-order valence-electron chi connectivity index (χ2n) is 3.50. The van der Waals surface area contributed by atoms with E-state index in [1.807, 2.05) is 0 Å². The van der Waals surface area contributed by atoms with Gasteiger partial charge in [-0.3, -0.25) is 9.80 Å². The van der Waals surface area contributed by atoms with Gasteiger partial charge in [-0.1, -0.05) is 32.8 Å². The summed E-state index contributed by atoms with van der Waals surface area (Å²) in [5, 5.41) is 1.68. The van der Waals surface area contributed by atoms with Crippen LogP contribution in [0.4, 0.5) is 0 Å². The van der Waals surface area contributed by atoms with Crippen LogP contribution in [-0.2, 0) is 4.79 Å². The van der Waals surface area contributed by atoms with E-state index in [1.165, 1.54) is 19.3 Å². The maximum Gasteiger partial charge on any atom is 0.246 e. The van der Waals surface area contributed by atoms with Crippen LogP contribution in [0.5, 0.6) is 0 Å². The summed E-state index contributed by atoms with van der Waals surface area (Å²) < 4.78 is 0. The van der Waals surface area contributed by atoms with Gasteiger partial charge >= 0.3 is 0 Å². The summed E-state index contributed by atoms with van der Waals surface area (Å²) in [6.45, 7) is 6.72. The van der Waals surface area contributed by atoms with Gasteiger partial charge in [0.25, 0.3) is 0 Å². The van der Waals surface area contributed by atoms with Crippen molar-refractivity contribution in [2.45, 2.75) is 39.0 Å². The Morgan fingerprint density at radius 1 is 1.46 bits per heavy atom. The zero-order valence-electron chi connectivity index (χ0n) is 8.31. The Labute approximate surface area is 79.8 Å². The molecule has 0 radical (unpaired) electrons. The van der Waals surface area contributed by atoms with Crippen LogP contribution in [0.25, 0.3) is 0 Å². The smallest absolute Gasteiger partial charge is 0.246 e. The average molecular weight is 182 g/mol. The monoisotopic (exact) mass is 182 g/mol. The molecule has 0 spiro atoms. The zero-order chi connectivity index (χ0) is 9.68. The van der Waals surface area contributed by atoms with Crippen molar-refractivity contribution in [2.75, 3.05) is 6.54 Å². The van der Waals surface area contributed by atoms with Crippen molar-refractivity contribution in [3.8, 4) is 0 Å². The number of unbranched alkanes of at least 4 members (excludes halogenated alkanes) is 3. The fourth-order valence-electron chi connectivity index (χ4n) is 1.45. The Balaban J connectivity index is 2.14. The highest BCUT2D eigenvalue weighted by Crippen LogP contribution is 2.10. The molecule has 0 bridgehead atoms. The van der Waals surface area contributed by atoms with E-state index in [9.17, 15) is 4.79 Å². The number of carbonyl (C=O) groups excluding carboxylic acids is 1. The van der Waals surface area contributed by atoms with Gasteiger partial charge in [-0.2, -0.15) is 0 Å². The second-order valence-corrected chi connectivity index (χ2v) is 3.50. The number of hydrogen-bond donors (Lipinski definition) is 1. The van der Waals surface area contributed by atoms with E-state index < -0.39 is 0 Å². The quantitative estimate of drug-likeness (QED) is 0.658. The molecule has 13 heavy (non-hydrogen) atoms. The number of nitrogens with zero attached hydrogens (tertiary/aromatic N) is 1. The first-order valence-electron chi connectivity index (χ1n) is 4.99. The summed E-state index contributed by atoms with van der Waals surface area (Å²) >= 11 is 0. The number of nitrogens with one attached hydrogen (secondary N) is 1. The van der Waals surface area contributed by atoms with E-state index in [4.69, 9.17) is 0 Å². The van der Waals surface area contributed by atoms with Gasteiger partial charge < -0.3 is 5.43 Å². The van der Waals surface area contributed by atoms with Crippen molar-refractivity contribution in [1.29, 1.82) is 0 Å². The minimum absolute atomic E-state index is 0.154. The summed E-state index contributed by atoms with van der Waals surface area (Å²) in [6.07, 6.45) is 5.24. The number of hydrazine groups is 1. The zero-order valence-corrected chi connectivity index (χ0v) is 8.31. The van der Waals surface area contributed by atoms with E-state index in [2.05, 4.69) is 18.9 Å². The standard InChI is InChI=1S/C10H18N2O/c1-3-4-5-6-7-12-10(13)8-9(2)11-12/h11H,2-8H2,1H3. The lowest BCUT2D eigenvalue weighted by Gasteiger charge is -2.15. The van der Waals surface area contributed by atoms with Crippen LogP contribution in [0, 0.1) is 0 Å². The van der Waals surface area contributed by atoms with Crippen LogP contribution in [0.2, 0.25) is 0 Å². The maximum atomic E-state index is 11.3. The summed E-state index contributed by atoms with van der Waals surface area (Å²) in [4.78, 5) is 11.3. The number of carbonyl (C=O) groups is 1. The van der Waals surface area contributed by atoms with E-state index in [-0.39, 0.29) is 5.91 Å². The van der Waals surface area contributed by atoms with Gasteiger partial charge in [-0.15, -0.1) is 0 Å². The maximum absolute atomic E-state index is 11.3. The predicted octanol–water partition coefficient (Wildman–Crippen LogP) is 1.82. The third kappa shape index (κ3) is 3.09. The van der Waals surface area contributed by atoms with Gasteiger partial charge in [-0.25, -0.2) is 0 Å². The van der Waals surface area contributed by atoms with Crippen LogP contribution < -0.4 is 5.43 Å². The molecule has 1 N–H and O–H groups in total. The third-order valence-corrected chi connectivity index (χ3v) is 2.19. The Hall–Kier alpha value is -0.990. The molecule has 1 heterocycles. The van der Waals surface area contributed by atoms with Crippen molar-refractivity contribution in [2.24, 2.45) is 0 Å². The molecule has 0 aromatic carbocycles. The van der Waals surface area contributed by atoms with Gasteiger partial charge in [-0.05, 0) is 6.42 Å². The van der Waals surface area contributed by atoms with Gasteiger partial charge in [0, 0.05) is 12.2 Å². The largest absolute Gasteiger partial charge is 0.300 e. The molecule has 1 aliphatic rings. The summed E-state index contributed by atoms with van der Waals surface area (Å²) in [7, 11) is 0. The number of hydrogen-bond acceptors (Lipinski definition) is 2. The molecule has 74 valence electrons. The number of rotatable bonds is 5. The molecule has 0 atom stereocenters. The lowest BCUT2D eigenvalue weighted by molar-refractivity contribution is -0.129. The molecule has 1 aliphatic heterocycles. The SMILES string of the molecule is C=C1CC(=O)N(CCCCCC)N1. The molecule has 3 heteroatoms. The Morgan fingerprint density at radius 2 is 2.23 bits per heavy atom. The van der Waals surface area contributed by atoms with Crippen LogP contribution in [0.1, 0.15) is 39.0 Å². The highest BCUT2D eigenvalue weighted by atomic mass is 16.2. The molecule has 1 fully saturated rings. The lowest BCUT2D eigenvalue weighted by atomic mass is 10.2. The fraction of sp³-hybridized carbons (Fsp3) is 0.700. The van der Waals surface area contributed by atoms with Crippen molar-refractivity contribution >= 4 is 5.91 Å². The first-order chi connectivity index (χ1) is 6.24.